The minimum Gasteiger partial charge on any atom is -0.298 e. The van der Waals surface area contributed by atoms with Crippen LogP contribution in [0.15, 0.2) is 68.7 Å². The Morgan fingerprint density at radius 2 is 1.93 bits per heavy atom. The van der Waals surface area contributed by atoms with E-state index < -0.39 is 20.7 Å². The third kappa shape index (κ3) is 4.21. The van der Waals surface area contributed by atoms with E-state index >= 15 is 0 Å². The van der Waals surface area contributed by atoms with E-state index in [1.54, 1.807) is 18.2 Å². The van der Waals surface area contributed by atoms with E-state index in [9.17, 15) is 23.3 Å². The van der Waals surface area contributed by atoms with E-state index in [4.69, 9.17) is 0 Å². The van der Waals surface area contributed by atoms with Crippen LogP contribution in [0.4, 0.5) is 10.8 Å². The molecule has 1 N–H and O–H groups in total. The highest BCUT2D eigenvalue weighted by atomic mass is 32.2. The molecule has 8 nitrogen and oxygen atoms in total. The average Bonchev–Trinajstić information content (AvgIpc) is 3.17. The van der Waals surface area contributed by atoms with Crippen LogP contribution in [0.2, 0.25) is 0 Å². The fraction of sp³-hybridized carbons (Fsp3) is 0.0588. The summed E-state index contributed by atoms with van der Waals surface area (Å²) < 4.78 is 25.2. The molecule has 2 aromatic carbocycles. The lowest BCUT2D eigenvalue weighted by atomic mass is 10.2. The number of carbonyl (C=O) groups excluding carboxylic acids is 1. The highest BCUT2D eigenvalue weighted by Crippen LogP contribution is 2.29. The Morgan fingerprint density at radius 3 is 2.57 bits per heavy atom. The number of nitro groups is 1. The lowest BCUT2D eigenvalue weighted by Gasteiger charge is -2.03. The molecule has 0 aliphatic rings. The predicted molar refractivity (Wildman–Crippen MR) is 107 cm³/mol. The molecule has 0 fully saturated rings. The zero-order valence-electron chi connectivity index (χ0n) is 14.4. The summed E-state index contributed by atoms with van der Waals surface area (Å²) in [6, 6.07) is 11.6. The third-order valence-electron chi connectivity index (χ3n) is 3.66. The van der Waals surface area contributed by atoms with Crippen LogP contribution in [0.5, 0.6) is 0 Å². The smallest absolute Gasteiger partial charge is 0.269 e. The molecular weight excluding hydrogens is 422 g/mol. The topological polar surface area (TPSA) is 119 Å². The fourth-order valence-electron chi connectivity index (χ4n) is 2.24. The Bertz CT molecular complexity index is 1140. The molecule has 3 aromatic rings. The molecule has 11 heteroatoms. The summed E-state index contributed by atoms with van der Waals surface area (Å²) in [5.74, 6) is -0.399. The van der Waals surface area contributed by atoms with Crippen molar-refractivity contribution >= 4 is 49.7 Å². The first kappa shape index (κ1) is 20.0. The summed E-state index contributed by atoms with van der Waals surface area (Å²) in [6.45, 7) is 0. The molecular formula is C17H13N3O5S3. The van der Waals surface area contributed by atoms with Gasteiger partial charge in [-0.25, -0.2) is 13.4 Å². The number of amides is 1. The Hall–Kier alpha value is -2.76. The van der Waals surface area contributed by atoms with Gasteiger partial charge in [0.2, 0.25) is 9.84 Å². The number of sulfone groups is 1. The molecule has 0 bridgehead atoms. The zero-order valence-corrected chi connectivity index (χ0v) is 16.8. The number of thiazole rings is 1. The van der Waals surface area contributed by atoms with Crippen molar-refractivity contribution in [1.82, 2.24) is 4.98 Å². The van der Waals surface area contributed by atoms with Gasteiger partial charge in [0, 0.05) is 22.6 Å². The van der Waals surface area contributed by atoms with Gasteiger partial charge in [0.25, 0.3) is 11.6 Å². The summed E-state index contributed by atoms with van der Waals surface area (Å²) >= 11 is 2.31. The first-order valence-electron chi connectivity index (χ1n) is 7.72. The SMILES string of the molecule is CSc1cccc(C(=O)Nc2ncc(S(=O)(=O)c3ccc([N+](=O)[O-])cc3)s2)c1. The number of hydrogen-bond donors (Lipinski definition) is 1. The standard InChI is InChI=1S/C17H13N3O5S3/c1-26-13-4-2-3-11(9-13)16(21)19-17-18-10-15(27-17)28(24,25)14-7-5-12(6-8-14)20(22)23/h2-10H,1H3,(H,18,19,21). The fourth-order valence-corrected chi connectivity index (χ4v) is 5.13. The molecule has 28 heavy (non-hydrogen) atoms. The van der Waals surface area contributed by atoms with Gasteiger partial charge < -0.3 is 0 Å². The number of aromatic nitrogens is 1. The van der Waals surface area contributed by atoms with Crippen LogP contribution in [0.25, 0.3) is 0 Å². The van der Waals surface area contributed by atoms with Crippen molar-refractivity contribution in [1.29, 1.82) is 0 Å². The third-order valence-corrected chi connectivity index (χ3v) is 7.53. The lowest BCUT2D eigenvalue weighted by Crippen LogP contribution is -2.11. The number of non-ortho nitro benzene ring substituents is 1. The molecule has 0 radical (unpaired) electrons. The van der Waals surface area contributed by atoms with Crippen molar-refractivity contribution in [2.75, 3.05) is 11.6 Å². The second kappa shape index (κ2) is 8.09. The molecule has 0 aliphatic carbocycles. The number of nitrogens with zero attached hydrogens (tertiary/aromatic N) is 2. The lowest BCUT2D eigenvalue weighted by molar-refractivity contribution is -0.384. The van der Waals surface area contributed by atoms with Gasteiger partial charge in [-0.05, 0) is 36.6 Å². The number of hydrogen-bond acceptors (Lipinski definition) is 8. The molecule has 0 atom stereocenters. The highest BCUT2D eigenvalue weighted by Gasteiger charge is 2.22. The van der Waals surface area contributed by atoms with E-state index in [-0.39, 0.29) is 19.9 Å². The van der Waals surface area contributed by atoms with E-state index in [1.807, 2.05) is 12.3 Å². The van der Waals surface area contributed by atoms with Gasteiger partial charge in [-0.2, -0.15) is 0 Å². The van der Waals surface area contributed by atoms with E-state index in [0.29, 0.717) is 5.56 Å². The van der Waals surface area contributed by atoms with Crippen LogP contribution >= 0.6 is 23.1 Å². The Labute approximate surface area is 168 Å². The van der Waals surface area contributed by atoms with Crippen molar-refractivity contribution in [3.8, 4) is 0 Å². The van der Waals surface area contributed by atoms with Crippen LogP contribution in [0, 0.1) is 10.1 Å². The molecule has 0 aliphatic heterocycles. The Kier molecular flexibility index (Phi) is 5.77. The van der Waals surface area contributed by atoms with Gasteiger partial charge in [-0.15, -0.1) is 11.8 Å². The van der Waals surface area contributed by atoms with Gasteiger partial charge >= 0.3 is 0 Å². The molecule has 0 saturated carbocycles. The molecule has 0 unspecified atom stereocenters. The average molecular weight is 436 g/mol. The number of anilines is 1. The minimum absolute atomic E-state index is 0.0745. The zero-order chi connectivity index (χ0) is 20.3. The van der Waals surface area contributed by atoms with Crippen molar-refractivity contribution in [3.63, 3.8) is 0 Å². The molecule has 0 spiro atoms. The van der Waals surface area contributed by atoms with Crippen molar-refractivity contribution in [2.45, 2.75) is 14.0 Å². The quantitative estimate of drug-likeness (QED) is 0.355. The molecule has 0 saturated heterocycles. The second-order valence-electron chi connectivity index (χ2n) is 5.42. The number of carbonyl (C=O) groups is 1. The molecule has 144 valence electrons. The van der Waals surface area contributed by atoms with Gasteiger partial charge in [0.05, 0.1) is 16.0 Å². The van der Waals surface area contributed by atoms with Crippen molar-refractivity contribution in [3.05, 3.63) is 70.4 Å². The number of benzene rings is 2. The normalized spacial score (nSPS) is 11.2. The number of nitrogens with one attached hydrogen (secondary N) is 1. The summed E-state index contributed by atoms with van der Waals surface area (Å²) in [6.07, 6.45) is 3.04. The monoisotopic (exact) mass is 435 g/mol. The maximum absolute atomic E-state index is 12.7. The summed E-state index contributed by atoms with van der Waals surface area (Å²) in [5, 5.41) is 13.4. The first-order valence-corrected chi connectivity index (χ1v) is 11.2. The molecule has 1 heterocycles. The Balaban J connectivity index is 1.80. The summed E-state index contributed by atoms with van der Waals surface area (Å²) in [4.78, 5) is 27.2. The van der Waals surface area contributed by atoms with Crippen LogP contribution in [0.3, 0.4) is 0 Å². The first-order chi connectivity index (χ1) is 13.3. The molecule has 3 rings (SSSR count). The maximum atomic E-state index is 12.7. The van der Waals surface area contributed by atoms with Gasteiger partial charge in [0.1, 0.15) is 4.21 Å². The van der Waals surface area contributed by atoms with Crippen LogP contribution in [-0.2, 0) is 9.84 Å². The van der Waals surface area contributed by atoms with Gasteiger partial charge in [-0.1, -0.05) is 17.4 Å². The largest absolute Gasteiger partial charge is 0.298 e. The molecule has 1 amide bonds. The number of rotatable bonds is 6. The van der Waals surface area contributed by atoms with E-state index in [1.165, 1.54) is 23.9 Å². The van der Waals surface area contributed by atoms with Crippen molar-refractivity contribution in [2.24, 2.45) is 0 Å². The maximum Gasteiger partial charge on any atom is 0.269 e. The van der Waals surface area contributed by atoms with Crippen molar-refractivity contribution < 1.29 is 18.1 Å². The number of thioether (sulfide) groups is 1. The summed E-state index contributed by atoms with van der Waals surface area (Å²) in [7, 11) is -3.89. The number of nitro benzene ring substituents is 1. The molecule has 1 aromatic heterocycles. The van der Waals surface area contributed by atoms with E-state index in [0.717, 1.165) is 34.6 Å². The minimum atomic E-state index is -3.89. The van der Waals surface area contributed by atoms with Crippen LogP contribution < -0.4 is 5.32 Å². The van der Waals surface area contributed by atoms with Gasteiger partial charge in [-0.3, -0.25) is 20.2 Å². The van der Waals surface area contributed by atoms with Crippen LogP contribution in [0.1, 0.15) is 10.4 Å². The predicted octanol–water partition coefficient (Wildman–Crippen LogP) is 3.86. The highest BCUT2D eigenvalue weighted by molar-refractivity contribution is 7.98. The van der Waals surface area contributed by atoms with Crippen LogP contribution in [-0.4, -0.2) is 30.5 Å². The summed E-state index contributed by atoms with van der Waals surface area (Å²) in [5.41, 5.74) is 0.227. The van der Waals surface area contributed by atoms with E-state index in [2.05, 4.69) is 10.3 Å². The Morgan fingerprint density at radius 1 is 1.21 bits per heavy atom. The van der Waals surface area contributed by atoms with Gasteiger partial charge in [0.15, 0.2) is 5.13 Å². The second-order valence-corrected chi connectivity index (χ2v) is 9.51.